The second-order valence-corrected chi connectivity index (χ2v) is 6.02. The maximum absolute atomic E-state index is 12.1. The largest absolute Gasteiger partial charge is 0.457 e. The summed E-state index contributed by atoms with van der Waals surface area (Å²) in [5.41, 5.74) is 9.74. The number of aromatic nitrogens is 2. The highest BCUT2D eigenvalue weighted by atomic mass is 16.5. The van der Waals surface area contributed by atoms with E-state index < -0.39 is 11.9 Å². The van der Waals surface area contributed by atoms with Crippen LogP contribution >= 0.6 is 0 Å². The summed E-state index contributed by atoms with van der Waals surface area (Å²) < 4.78 is 7.18. The molecule has 0 fully saturated rings. The summed E-state index contributed by atoms with van der Waals surface area (Å²) in [6, 6.07) is 15.7. The van der Waals surface area contributed by atoms with Gasteiger partial charge in [0.1, 0.15) is 6.61 Å². The Balaban J connectivity index is 1.63. The predicted molar refractivity (Wildman–Crippen MR) is 97.1 cm³/mol. The first-order chi connectivity index (χ1) is 12.4. The van der Waals surface area contributed by atoms with Crippen LogP contribution in [0.2, 0.25) is 0 Å². The average molecular weight is 349 g/mol. The third-order valence-corrected chi connectivity index (χ3v) is 3.97. The van der Waals surface area contributed by atoms with Gasteiger partial charge in [0.2, 0.25) is 5.91 Å². The van der Waals surface area contributed by atoms with Crippen molar-refractivity contribution in [2.24, 2.45) is 5.73 Å². The van der Waals surface area contributed by atoms with Crippen LogP contribution in [-0.4, -0.2) is 21.7 Å². The zero-order valence-electron chi connectivity index (χ0n) is 14.6. The lowest BCUT2D eigenvalue weighted by atomic mass is 10.1. The highest BCUT2D eigenvalue weighted by Gasteiger charge is 2.09. The summed E-state index contributed by atoms with van der Waals surface area (Å²) >= 11 is 0. The minimum atomic E-state index is -0.535. The maximum atomic E-state index is 12.1. The van der Waals surface area contributed by atoms with Gasteiger partial charge in [-0.15, -0.1) is 0 Å². The molecule has 0 aliphatic carbocycles. The van der Waals surface area contributed by atoms with Crippen molar-refractivity contribution in [1.29, 1.82) is 0 Å². The molecule has 6 nitrogen and oxygen atoms in total. The standard InChI is InChI=1S/C20H19N3O3/c1-13-11-14(2)23(22-13)18-9-3-15(4-10-18)12-26-20(25)17-7-5-16(6-8-17)19(21)24/h3-11H,12H2,1-2H3,(H2,21,24). The van der Waals surface area contributed by atoms with Crippen molar-refractivity contribution in [3.8, 4) is 5.69 Å². The molecule has 2 aromatic carbocycles. The van der Waals surface area contributed by atoms with Crippen LogP contribution in [0, 0.1) is 13.8 Å². The molecule has 0 bridgehead atoms. The lowest BCUT2D eigenvalue weighted by molar-refractivity contribution is 0.0472. The SMILES string of the molecule is Cc1cc(C)n(-c2ccc(COC(=O)c3ccc(C(N)=O)cc3)cc2)n1. The van der Waals surface area contributed by atoms with E-state index in [1.807, 2.05) is 48.9 Å². The Labute approximate surface area is 151 Å². The molecule has 26 heavy (non-hydrogen) atoms. The van der Waals surface area contributed by atoms with Crippen LogP contribution in [0.4, 0.5) is 0 Å². The van der Waals surface area contributed by atoms with Gasteiger partial charge in [-0.25, -0.2) is 9.48 Å². The van der Waals surface area contributed by atoms with Gasteiger partial charge in [0.15, 0.2) is 0 Å². The molecule has 0 unspecified atom stereocenters. The topological polar surface area (TPSA) is 87.2 Å². The maximum Gasteiger partial charge on any atom is 0.338 e. The van der Waals surface area contributed by atoms with Crippen LogP contribution in [-0.2, 0) is 11.3 Å². The molecular formula is C20H19N3O3. The van der Waals surface area contributed by atoms with Crippen molar-refractivity contribution in [3.05, 3.63) is 82.7 Å². The molecule has 0 aliphatic rings. The summed E-state index contributed by atoms with van der Waals surface area (Å²) in [7, 11) is 0. The number of benzene rings is 2. The molecule has 1 amide bonds. The summed E-state index contributed by atoms with van der Waals surface area (Å²) in [5, 5.41) is 4.44. The molecule has 0 spiro atoms. The Morgan fingerprint density at radius 1 is 1.00 bits per heavy atom. The molecule has 0 radical (unpaired) electrons. The van der Waals surface area contributed by atoms with Gasteiger partial charge in [-0.2, -0.15) is 5.10 Å². The number of carbonyl (C=O) groups excluding carboxylic acids is 2. The molecule has 0 atom stereocenters. The monoisotopic (exact) mass is 349 g/mol. The van der Waals surface area contributed by atoms with Crippen molar-refractivity contribution in [3.63, 3.8) is 0 Å². The Morgan fingerprint density at radius 3 is 2.15 bits per heavy atom. The number of hydrogen-bond acceptors (Lipinski definition) is 4. The fraction of sp³-hybridized carbons (Fsp3) is 0.150. The Bertz CT molecular complexity index is 941. The number of ether oxygens (including phenoxy) is 1. The number of hydrogen-bond donors (Lipinski definition) is 1. The number of esters is 1. The van der Waals surface area contributed by atoms with Crippen LogP contribution in [0.1, 0.15) is 37.7 Å². The molecule has 0 saturated carbocycles. The van der Waals surface area contributed by atoms with Gasteiger partial charge in [-0.3, -0.25) is 4.79 Å². The average Bonchev–Trinajstić information content (AvgIpc) is 2.98. The number of carbonyl (C=O) groups is 2. The predicted octanol–water partition coefficient (Wildman–Crippen LogP) is 2.95. The molecule has 1 aromatic heterocycles. The van der Waals surface area contributed by atoms with E-state index in [1.165, 1.54) is 24.3 Å². The van der Waals surface area contributed by atoms with E-state index in [-0.39, 0.29) is 6.61 Å². The molecule has 0 saturated heterocycles. The Hall–Kier alpha value is -3.41. The zero-order valence-corrected chi connectivity index (χ0v) is 14.6. The molecule has 132 valence electrons. The van der Waals surface area contributed by atoms with Gasteiger partial charge in [-0.05, 0) is 61.9 Å². The molecule has 2 N–H and O–H groups in total. The van der Waals surface area contributed by atoms with Crippen molar-refractivity contribution < 1.29 is 14.3 Å². The molecule has 0 aliphatic heterocycles. The van der Waals surface area contributed by atoms with Crippen molar-refractivity contribution in [2.75, 3.05) is 0 Å². The molecule has 6 heteroatoms. The van der Waals surface area contributed by atoms with Gasteiger partial charge in [-0.1, -0.05) is 12.1 Å². The third kappa shape index (κ3) is 3.80. The van der Waals surface area contributed by atoms with E-state index in [2.05, 4.69) is 5.10 Å². The minimum absolute atomic E-state index is 0.161. The van der Waals surface area contributed by atoms with E-state index in [9.17, 15) is 9.59 Å². The minimum Gasteiger partial charge on any atom is -0.457 e. The first kappa shape index (κ1) is 17.4. The van der Waals surface area contributed by atoms with Crippen molar-refractivity contribution in [1.82, 2.24) is 9.78 Å². The van der Waals surface area contributed by atoms with Gasteiger partial charge >= 0.3 is 5.97 Å². The summed E-state index contributed by atoms with van der Waals surface area (Å²) in [6.07, 6.45) is 0. The number of amides is 1. The molecular weight excluding hydrogens is 330 g/mol. The first-order valence-corrected chi connectivity index (χ1v) is 8.13. The van der Waals surface area contributed by atoms with E-state index >= 15 is 0 Å². The van der Waals surface area contributed by atoms with Gasteiger partial charge in [0.05, 0.1) is 16.9 Å². The van der Waals surface area contributed by atoms with Crippen LogP contribution in [0.15, 0.2) is 54.6 Å². The first-order valence-electron chi connectivity index (χ1n) is 8.13. The Morgan fingerprint density at radius 2 is 1.62 bits per heavy atom. The molecule has 3 aromatic rings. The normalized spacial score (nSPS) is 10.5. The van der Waals surface area contributed by atoms with Gasteiger partial charge in [0.25, 0.3) is 0 Å². The quantitative estimate of drug-likeness (QED) is 0.718. The van der Waals surface area contributed by atoms with Crippen LogP contribution in [0.3, 0.4) is 0 Å². The van der Waals surface area contributed by atoms with Crippen LogP contribution in [0.25, 0.3) is 5.69 Å². The second kappa shape index (κ2) is 7.23. The van der Waals surface area contributed by atoms with Crippen molar-refractivity contribution in [2.45, 2.75) is 20.5 Å². The molecule has 1 heterocycles. The van der Waals surface area contributed by atoms with E-state index in [1.54, 1.807) is 0 Å². The lowest BCUT2D eigenvalue weighted by Crippen LogP contribution is -2.11. The summed E-state index contributed by atoms with van der Waals surface area (Å²) in [4.78, 5) is 23.1. The van der Waals surface area contributed by atoms with E-state index in [0.29, 0.717) is 11.1 Å². The number of aryl methyl sites for hydroxylation is 2. The fourth-order valence-corrected chi connectivity index (χ4v) is 2.63. The highest BCUT2D eigenvalue weighted by Crippen LogP contribution is 2.14. The summed E-state index contributed by atoms with van der Waals surface area (Å²) in [5.74, 6) is -0.990. The second-order valence-electron chi connectivity index (χ2n) is 6.02. The fourth-order valence-electron chi connectivity index (χ4n) is 2.63. The van der Waals surface area contributed by atoms with Gasteiger partial charge < -0.3 is 10.5 Å². The number of nitrogens with zero attached hydrogens (tertiary/aromatic N) is 2. The summed E-state index contributed by atoms with van der Waals surface area (Å²) in [6.45, 7) is 4.11. The smallest absolute Gasteiger partial charge is 0.338 e. The molecule has 3 rings (SSSR count). The third-order valence-electron chi connectivity index (χ3n) is 3.97. The van der Waals surface area contributed by atoms with Crippen LogP contribution < -0.4 is 5.73 Å². The Kier molecular flexibility index (Phi) is 4.84. The number of rotatable bonds is 5. The van der Waals surface area contributed by atoms with Gasteiger partial charge in [0, 0.05) is 11.3 Å². The number of primary amides is 1. The van der Waals surface area contributed by atoms with E-state index in [4.69, 9.17) is 10.5 Å². The van der Waals surface area contributed by atoms with Crippen molar-refractivity contribution >= 4 is 11.9 Å². The zero-order chi connectivity index (χ0) is 18.7. The highest BCUT2D eigenvalue weighted by molar-refractivity contribution is 5.95. The van der Waals surface area contributed by atoms with Crippen LogP contribution in [0.5, 0.6) is 0 Å². The lowest BCUT2D eigenvalue weighted by Gasteiger charge is -2.08. The number of nitrogens with two attached hydrogens (primary N) is 1. The van der Waals surface area contributed by atoms with E-state index in [0.717, 1.165) is 22.6 Å².